The first-order chi connectivity index (χ1) is 11.0. The van der Waals surface area contributed by atoms with Crippen molar-refractivity contribution in [1.29, 1.82) is 0 Å². The van der Waals surface area contributed by atoms with Gasteiger partial charge in [-0.15, -0.1) is 6.42 Å². The third kappa shape index (κ3) is 3.17. The molecule has 2 aromatic heterocycles. The minimum absolute atomic E-state index is 0.323. The summed E-state index contributed by atoms with van der Waals surface area (Å²) in [4.78, 5) is 8.32. The van der Waals surface area contributed by atoms with E-state index in [0.29, 0.717) is 16.7 Å². The third-order valence-corrected chi connectivity index (χ3v) is 4.07. The van der Waals surface area contributed by atoms with E-state index in [4.69, 9.17) is 6.42 Å². The van der Waals surface area contributed by atoms with Crippen molar-refractivity contribution >= 4 is 22.8 Å². The summed E-state index contributed by atoms with van der Waals surface area (Å²) in [6.07, 6.45) is 1.81. The van der Waals surface area contributed by atoms with Crippen LogP contribution in [0.5, 0.6) is 0 Å². The van der Waals surface area contributed by atoms with Crippen LogP contribution in [0, 0.1) is 12.3 Å². The topological polar surface area (TPSA) is 30.7 Å². The number of nitrogens with zero attached hydrogens (tertiary/aromatic N) is 3. The van der Waals surface area contributed by atoms with Crippen LogP contribution in [-0.2, 0) is 12.7 Å². The highest BCUT2D eigenvalue weighted by Crippen LogP contribution is 2.32. The van der Waals surface area contributed by atoms with Crippen molar-refractivity contribution in [2.45, 2.75) is 22.9 Å². The molecule has 0 aliphatic rings. The molecule has 0 bridgehead atoms. The molecule has 0 radical (unpaired) electrons. The smallest absolute Gasteiger partial charge is 0.307 e. The lowest BCUT2D eigenvalue weighted by atomic mass is 10.3. The molecule has 116 valence electrons. The van der Waals surface area contributed by atoms with Crippen LogP contribution in [0.4, 0.5) is 13.2 Å². The summed E-state index contributed by atoms with van der Waals surface area (Å²) in [5, 5.41) is 1.02. The van der Waals surface area contributed by atoms with E-state index >= 15 is 0 Å². The van der Waals surface area contributed by atoms with E-state index < -0.39 is 11.7 Å². The van der Waals surface area contributed by atoms with Gasteiger partial charge in [-0.05, 0) is 36.0 Å². The Morgan fingerprint density at radius 3 is 2.61 bits per heavy atom. The van der Waals surface area contributed by atoms with E-state index in [9.17, 15) is 13.2 Å². The number of rotatable bonds is 3. The summed E-state index contributed by atoms with van der Waals surface area (Å²) in [5.41, 5.74) is 0.871. The van der Waals surface area contributed by atoms with E-state index in [1.54, 1.807) is 0 Å². The molecule has 3 rings (SSSR count). The summed E-state index contributed by atoms with van der Waals surface area (Å²) < 4.78 is 39.5. The van der Waals surface area contributed by atoms with Crippen molar-refractivity contribution in [2.75, 3.05) is 0 Å². The number of pyridine rings is 1. The minimum Gasteiger partial charge on any atom is -0.307 e. The highest BCUT2D eigenvalue weighted by atomic mass is 32.2. The SMILES string of the molecule is C#CCn1c(Sc2ccc(C(F)(F)F)cn2)nc2ccccc21. The van der Waals surface area contributed by atoms with Gasteiger partial charge in [0.15, 0.2) is 5.16 Å². The predicted octanol–water partition coefficient (Wildman–Crippen LogP) is 4.23. The van der Waals surface area contributed by atoms with Gasteiger partial charge >= 0.3 is 6.18 Å². The Hall–Kier alpha value is -2.46. The number of hydrogen-bond donors (Lipinski definition) is 0. The average molecular weight is 333 g/mol. The Labute approximate surface area is 134 Å². The molecule has 0 aliphatic heterocycles. The average Bonchev–Trinajstić information content (AvgIpc) is 2.85. The Bertz CT molecular complexity index is 876. The van der Waals surface area contributed by atoms with E-state index in [2.05, 4.69) is 15.9 Å². The molecule has 0 amide bonds. The zero-order valence-corrected chi connectivity index (χ0v) is 12.5. The van der Waals surface area contributed by atoms with Gasteiger partial charge < -0.3 is 4.57 Å². The fourth-order valence-electron chi connectivity index (χ4n) is 2.08. The molecule has 0 aliphatic carbocycles. The van der Waals surface area contributed by atoms with Gasteiger partial charge in [-0.1, -0.05) is 18.1 Å². The van der Waals surface area contributed by atoms with Crippen LogP contribution in [0.1, 0.15) is 5.56 Å². The van der Waals surface area contributed by atoms with E-state index in [0.717, 1.165) is 23.3 Å². The van der Waals surface area contributed by atoms with Gasteiger partial charge in [0.1, 0.15) is 5.03 Å². The summed E-state index contributed by atoms with van der Waals surface area (Å²) in [6.45, 7) is 0.323. The molecule has 7 heteroatoms. The van der Waals surface area contributed by atoms with Crippen molar-refractivity contribution in [3.05, 3.63) is 48.2 Å². The van der Waals surface area contributed by atoms with Crippen molar-refractivity contribution in [2.24, 2.45) is 0 Å². The zero-order chi connectivity index (χ0) is 16.4. The van der Waals surface area contributed by atoms with Gasteiger partial charge in [0, 0.05) is 6.20 Å². The van der Waals surface area contributed by atoms with Crippen LogP contribution in [-0.4, -0.2) is 14.5 Å². The van der Waals surface area contributed by atoms with E-state index in [-0.39, 0.29) is 0 Å². The molecule has 23 heavy (non-hydrogen) atoms. The highest BCUT2D eigenvalue weighted by molar-refractivity contribution is 7.99. The molecule has 0 unspecified atom stereocenters. The second-order valence-electron chi connectivity index (χ2n) is 4.66. The standard InChI is InChI=1S/C16H10F3N3S/c1-2-9-22-13-6-4-3-5-12(13)21-15(22)23-14-8-7-11(10-20-14)16(17,18)19/h1,3-8,10H,9H2. The molecule has 0 saturated carbocycles. The van der Waals surface area contributed by atoms with Crippen LogP contribution in [0.2, 0.25) is 0 Å². The number of terminal acetylenes is 1. The van der Waals surface area contributed by atoms with Crippen molar-refractivity contribution in [3.8, 4) is 12.3 Å². The number of imidazole rings is 1. The molecule has 1 aromatic carbocycles. The van der Waals surface area contributed by atoms with Gasteiger partial charge in [-0.25, -0.2) is 9.97 Å². The number of benzene rings is 1. The molecule has 0 atom stereocenters. The summed E-state index contributed by atoms with van der Waals surface area (Å²) in [7, 11) is 0. The van der Waals surface area contributed by atoms with Crippen LogP contribution in [0.15, 0.2) is 52.8 Å². The van der Waals surface area contributed by atoms with Gasteiger partial charge in [0.25, 0.3) is 0 Å². The Balaban J connectivity index is 1.95. The summed E-state index contributed by atoms with van der Waals surface area (Å²) >= 11 is 1.18. The normalized spacial score (nSPS) is 11.6. The number of para-hydroxylation sites is 2. The van der Waals surface area contributed by atoms with E-state index in [1.165, 1.54) is 17.8 Å². The second kappa shape index (κ2) is 5.97. The van der Waals surface area contributed by atoms with Gasteiger partial charge in [0.05, 0.1) is 23.1 Å². The van der Waals surface area contributed by atoms with E-state index in [1.807, 2.05) is 28.8 Å². The molecule has 0 N–H and O–H groups in total. The predicted molar refractivity (Wildman–Crippen MR) is 81.9 cm³/mol. The van der Waals surface area contributed by atoms with Gasteiger partial charge in [-0.3, -0.25) is 0 Å². The second-order valence-corrected chi connectivity index (χ2v) is 5.65. The number of alkyl halides is 3. The van der Waals surface area contributed by atoms with Crippen molar-refractivity contribution in [3.63, 3.8) is 0 Å². The maximum absolute atomic E-state index is 12.6. The molecule has 0 spiro atoms. The molecular weight excluding hydrogens is 323 g/mol. The first kappa shape index (κ1) is 15.4. The number of hydrogen-bond acceptors (Lipinski definition) is 3. The van der Waals surface area contributed by atoms with Crippen LogP contribution >= 0.6 is 11.8 Å². The number of fused-ring (bicyclic) bond motifs is 1. The lowest BCUT2D eigenvalue weighted by Gasteiger charge is -2.07. The van der Waals surface area contributed by atoms with Gasteiger partial charge in [0.2, 0.25) is 0 Å². The first-order valence-electron chi connectivity index (χ1n) is 6.59. The van der Waals surface area contributed by atoms with Crippen LogP contribution < -0.4 is 0 Å². The lowest BCUT2D eigenvalue weighted by Crippen LogP contribution is -2.05. The monoisotopic (exact) mass is 333 g/mol. The largest absolute Gasteiger partial charge is 0.417 e. The maximum Gasteiger partial charge on any atom is 0.417 e. The molecule has 0 saturated heterocycles. The zero-order valence-electron chi connectivity index (χ0n) is 11.7. The van der Waals surface area contributed by atoms with Gasteiger partial charge in [-0.2, -0.15) is 13.2 Å². The Kier molecular flexibility index (Phi) is 4.01. The summed E-state index contributed by atoms with van der Waals surface area (Å²) in [6, 6.07) is 9.81. The van der Waals surface area contributed by atoms with Crippen molar-refractivity contribution in [1.82, 2.24) is 14.5 Å². The number of halogens is 3. The fourth-order valence-corrected chi connectivity index (χ4v) is 2.92. The van der Waals surface area contributed by atoms with Crippen molar-refractivity contribution < 1.29 is 13.2 Å². The molecule has 2 heterocycles. The third-order valence-electron chi connectivity index (χ3n) is 3.13. The first-order valence-corrected chi connectivity index (χ1v) is 7.40. The lowest BCUT2D eigenvalue weighted by molar-refractivity contribution is -0.137. The van der Waals surface area contributed by atoms with Crippen LogP contribution in [0.25, 0.3) is 11.0 Å². The quantitative estimate of drug-likeness (QED) is 0.672. The molecular formula is C16H10F3N3S. The molecule has 3 nitrogen and oxygen atoms in total. The minimum atomic E-state index is -4.40. The number of aromatic nitrogens is 3. The molecule has 3 aromatic rings. The maximum atomic E-state index is 12.6. The Morgan fingerprint density at radius 2 is 1.96 bits per heavy atom. The fraction of sp³-hybridized carbons (Fsp3) is 0.125. The summed E-state index contributed by atoms with van der Waals surface area (Å²) in [5.74, 6) is 2.56. The highest BCUT2D eigenvalue weighted by Gasteiger charge is 2.30. The Morgan fingerprint density at radius 1 is 1.17 bits per heavy atom. The van der Waals surface area contributed by atoms with Crippen LogP contribution in [0.3, 0.4) is 0 Å². The molecule has 0 fully saturated rings.